The summed E-state index contributed by atoms with van der Waals surface area (Å²) in [5, 5.41) is 2.15. The van der Waals surface area contributed by atoms with Gasteiger partial charge in [0.15, 0.2) is 5.82 Å². The van der Waals surface area contributed by atoms with Gasteiger partial charge in [0, 0.05) is 16.7 Å². The summed E-state index contributed by atoms with van der Waals surface area (Å²) in [6, 6.07) is 15.7. The SMILES string of the molecule is CCCCCCc1ccc(C#Cc2ccc(-c3ncc(N=C=S)nc3F)cc2)cc1. The molecule has 0 atom stereocenters. The highest BCUT2D eigenvalue weighted by Gasteiger charge is 2.09. The second-order valence-corrected chi connectivity index (χ2v) is 7.09. The van der Waals surface area contributed by atoms with Gasteiger partial charge in [-0.3, -0.25) is 0 Å². The molecule has 0 bridgehead atoms. The molecule has 0 radical (unpaired) electrons. The molecule has 1 aromatic heterocycles. The Hall–Kier alpha value is -3.19. The molecule has 0 N–H and O–H groups in total. The number of hydrogen-bond donors (Lipinski definition) is 0. The van der Waals surface area contributed by atoms with E-state index in [-0.39, 0.29) is 11.5 Å². The molecule has 2 aromatic carbocycles. The number of hydrogen-bond acceptors (Lipinski definition) is 4. The van der Waals surface area contributed by atoms with Gasteiger partial charge >= 0.3 is 0 Å². The Balaban J connectivity index is 1.65. The Morgan fingerprint density at radius 1 is 0.933 bits per heavy atom. The second kappa shape index (κ2) is 11.1. The summed E-state index contributed by atoms with van der Waals surface area (Å²) in [6.07, 6.45) is 7.56. The first kappa shape index (κ1) is 21.5. The van der Waals surface area contributed by atoms with Gasteiger partial charge in [-0.1, -0.05) is 62.3 Å². The lowest BCUT2D eigenvalue weighted by atomic mass is 10.0. The topological polar surface area (TPSA) is 38.1 Å². The van der Waals surface area contributed by atoms with Crippen LogP contribution in [0, 0.1) is 17.8 Å². The number of unbranched alkanes of at least 4 members (excludes halogenated alkanes) is 3. The third kappa shape index (κ3) is 6.15. The van der Waals surface area contributed by atoms with Crippen LogP contribution in [0.15, 0.2) is 59.7 Å². The fraction of sp³-hybridized carbons (Fsp3) is 0.240. The summed E-state index contributed by atoms with van der Waals surface area (Å²) in [4.78, 5) is 11.4. The third-order valence-electron chi connectivity index (χ3n) is 4.66. The molecule has 0 amide bonds. The number of thiocarbonyl (C=S) groups is 1. The lowest BCUT2D eigenvalue weighted by Crippen LogP contribution is -1.93. The van der Waals surface area contributed by atoms with Crippen molar-refractivity contribution in [3.05, 3.63) is 77.4 Å². The molecular weight excluding hydrogens is 393 g/mol. The minimum atomic E-state index is -0.699. The molecule has 0 saturated heterocycles. The zero-order valence-electron chi connectivity index (χ0n) is 16.9. The van der Waals surface area contributed by atoms with Crippen LogP contribution in [0.2, 0.25) is 0 Å². The Labute approximate surface area is 182 Å². The fourth-order valence-electron chi connectivity index (χ4n) is 3.02. The predicted octanol–water partition coefficient (Wildman–Crippen LogP) is 6.54. The van der Waals surface area contributed by atoms with Crippen molar-refractivity contribution in [1.82, 2.24) is 9.97 Å². The zero-order chi connectivity index (χ0) is 21.2. The van der Waals surface area contributed by atoms with Gasteiger partial charge in [0.25, 0.3) is 0 Å². The van der Waals surface area contributed by atoms with Crippen LogP contribution in [0.3, 0.4) is 0 Å². The summed E-state index contributed by atoms with van der Waals surface area (Å²) in [7, 11) is 0. The van der Waals surface area contributed by atoms with Crippen LogP contribution in [0.4, 0.5) is 10.2 Å². The van der Waals surface area contributed by atoms with E-state index in [1.165, 1.54) is 37.4 Å². The summed E-state index contributed by atoms with van der Waals surface area (Å²) >= 11 is 4.49. The van der Waals surface area contributed by atoms with Crippen molar-refractivity contribution < 1.29 is 4.39 Å². The van der Waals surface area contributed by atoms with Gasteiger partial charge in [-0.05, 0) is 54.9 Å². The molecule has 0 aliphatic heterocycles. The van der Waals surface area contributed by atoms with Gasteiger partial charge in [-0.15, -0.1) is 0 Å². The van der Waals surface area contributed by atoms with Crippen LogP contribution >= 0.6 is 12.2 Å². The Morgan fingerprint density at radius 3 is 2.20 bits per heavy atom. The molecule has 5 heteroatoms. The molecule has 0 aliphatic carbocycles. The number of aromatic nitrogens is 2. The highest BCUT2D eigenvalue weighted by molar-refractivity contribution is 7.78. The van der Waals surface area contributed by atoms with Crippen molar-refractivity contribution in [2.75, 3.05) is 0 Å². The van der Waals surface area contributed by atoms with Crippen molar-refractivity contribution in [3.8, 4) is 23.1 Å². The molecule has 3 nitrogen and oxygen atoms in total. The predicted molar refractivity (Wildman–Crippen MR) is 122 cm³/mol. The zero-order valence-corrected chi connectivity index (χ0v) is 17.7. The van der Waals surface area contributed by atoms with E-state index in [4.69, 9.17) is 0 Å². The maximum absolute atomic E-state index is 14.2. The summed E-state index contributed by atoms with van der Waals surface area (Å²) in [5.74, 6) is 5.72. The maximum atomic E-state index is 14.2. The van der Waals surface area contributed by atoms with Crippen LogP contribution in [0.25, 0.3) is 11.3 Å². The van der Waals surface area contributed by atoms with E-state index in [0.717, 1.165) is 17.5 Å². The van der Waals surface area contributed by atoms with Crippen molar-refractivity contribution in [2.45, 2.75) is 39.0 Å². The van der Waals surface area contributed by atoms with Crippen LogP contribution in [0.5, 0.6) is 0 Å². The molecule has 1 heterocycles. The molecule has 0 aliphatic rings. The first-order valence-electron chi connectivity index (χ1n) is 10.0. The molecule has 3 aromatic rings. The second-order valence-electron chi connectivity index (χ2n) is 6.91. The number of aliphatic imine (C=N–C) groups is 1. The fourth-order valence-corrected chi connectivity index (χ4v) is 3.11. The summed E-state index contributed by atoms with van der Waals surface area (Å²) < 4.78 is 14.2. The quantitative estimate of drug-likeness (QED) is 0.190. The van der Waals surface area contributed by atoms with Gasteiger partial charge in [0.05, 0.1) is 11.4 Å². The Morgan fingerprint density at radius 2 is 1.60 bits per heavy atom. The summed E-state index contributed by atoms with van der Waals surface area (Å²) in [6.45, 7) is 2.23. The third-order valence-corrected chi connectivity index (χ3v) is 4.75. The van der Waals surface area contributed by atoms with Gasteiger partial charge < -0.3 is 0 Å². The number of nitrogens with zero attached hydrogens (tertiary/aromatic N) is 3. The number of benzene rings is 2. The summed E-state index contributed by atoms with van der Waals surface area (Å²) in [5.41, 5.74) is 3.95. The number of halogens is 1. The standard InChI is InChI=1S/C25H22FN3S/c1-2-3-4-5-6-19-7-9-20(10-8-19)11-12-21-13-15-22(16-14-21)24-25(26)29-23(17-27-24)28-18-30/h7-10,13-17H,2-6H2,1H3. The highest BCUT2D eigenvalue weighted by Crippen LogP contribution is 2.21. The Kier molecular flexibility index (Phi) is 7.97. The Bertz CT molecular complexity index is 1090. The van der Waals surface area contributed by atoms with Crippen molar-refractivity contribution in [1.29, 1.82) is 0 Å². The molecule has 3 rings (SSSR count). The maximum Gasteiger partial charge on any atom is 0.241 e. The lowest BCUT2D eigenvalue weighted by molar-refractivity contribution is 0.582. The van der Waals surface area contributed by atoms with E-state index in [2.05, 4.69) is 75.4 Å². The average molecular weight is 416 g/mol. The largest absolute Gasteiger partial charge is 0.247 e. The van der Waals surface area contributed by atoms with Gasteiger partial charge in [-0.25, -0.2) is 4.98 Å². The van der Waals surface area contributed by atoms with Crippen LogP contribution in [-0.2, 0) is 6.42 Å². The van der Waals surface area contributed by atoms with Gasteiger partial charge in [-0.2, -0.15) is 14.4 Å². The monoisotopic (exact) mass is 415 g/mol. The van der Waals surface area contributed by atoms with E-state index in [1.54, 1.807) is 12.1 Å². The van der Waals surface area contributed by atoms with E-state index in [1.807, 2.05) is 12.1 Å². The van der Waals surface area contributed by atoms with E-state index >= 15 is 0 Å². The molecular formula is C25H22FN3S. The van der Waals surface area contributed by atoms with E-state index in [9.17, 15) is 4.39 Å². The highest BCUT2D eigenvalue weighted by atomic mass is 32.1. The van der Waals surface area contributed by atoms with Crippen molar-refractivity contribution in [3.63, 3.8) is 0 Å². The molecule has 0 fully saturated rings. The van der Waals surface area contributed by atoms with Crippen LogP contribution < -0.4 is 0 Å². The van der Waals surface area contributed by atoms with Crippen LogP contribution in [-0.4, -0.2) is 15.1 Å². The first-order chi connectivity index (χ1) is 14.7. The number of rotatable bonds is 7. The van der Waals surface area contributed by atoms with Crippen molar-refractivity contribution >= 4 is 23.2 Å². The van der Waals surface area contributed by atoms with Crippen molar-refractivity contribution in [2.24, 2.45) is 4.99 Å². The van der Waals surface area contributed by atoms with Gasteiger partial charge in [0.1, 0.15) is 5.69 Å². The molecule has 0 unspecified atom stereocenters. The normalized spacial score (nSPS) is 10.1. The molecule has 150 valence electrons. The number of isothiocyanates is 1. The number of aryl methyl sites for hydroxylation is 1. The first-order valence-corrected chi connectivity index (χ1v) is 10.4. The smallest absolute Gasteiger partial charge is 0.241 e. The molecule has 0 spiro atoms. The average Bonchev–Trinajstić information content (AvgIpc) is 2.77. The molecule has 30 heavy (non-hydrogen) atoms. The van der Waals surface area contributed by atoms with E-state index in [0.29, 0.717) is 5.56 Å². The van der Waals surface area contributed by atoms with Crippen LogP contribution in [0.1, 0.15) is 49.3 Å². The lowest BCUT2D eigenvalue weighted by Gasteiger charge is -2.02. The van der Waals surface area contributed by atoms with Gasteiger partial charge in [0.2, 0.25) is 5.95 Å². The minimum absolute atomic E-state index is 0.0979. The molecule has 0 saturated carbocycles. The van der Waals surface area contributed by atoms with E-state index < -0.39 is 5.95 Å². The minimum Gasteiger partial charge on any atom is -0.247 e.